The second-order valence-electron chi connectivity index (χ2n) is 0.676. The van der Waals surface area contributed by atoms with Crippen molar-refractivity contribution in [2.45, 2.75) is 0 Å². The third kappa shape index (κ3) is 299. The third-order valence-corrected chi connectivity index (χ3v) is 0. The normalized spacial score (nSPS) is 5.00. The molecule has 0 atom stereocenters. The largest absolute Gasteiger partial charge is 0.385 e. The van der Waals surface area contributed by atoms with Gasteiger partial charge in [0.25, 0.3) is 0 Å². The second-order valence-corrected chi connectivity index (χ2v) is 3.12. The van der Waals surface area contributed by atoms with Crippen molar-refractivity contribution >= 4 is 58.3 Å². The fourth-order valence-electron chi connectivity index (χ4n) is 0. The summed E-state index contributed by atoms with van der Waals surface area (Å²) in [5, 5.41) is 0. The van der Waals surface area contributed by atoms with Crippen molar-refractivity contribution in [2.75, 3.05) is 0 Å². The van der Waals surface area contributed by atoms with E-state index in [1.807, 2.05) is 0 Å². The average molecular weight is 296 g/mol. The molecule has 0 rings (SSSR count). The van der Waals surface area contributed by atoms with Crippen LogP contribution in [-0.4, -0.2) is 8.64 Å². The Morgan fingerprint density at radius 3 is 0.900 bits per heavy atom. The van der Waals surface area contributed by atoms with E-state index in [1.54, 1.807) is 0 Å². The van der Waals surface area contributed by atoms with Crippen LogP contribution in [0.3, 0.4) is 0 Å². The van der Waals surface area contributed by atoms with Crippen molar-refractivity contribution < 1.29 is 34.1 Å². The fourth-order valence-corrected chi connectivity index (χ4v) is 0. The van der Waals surface area contributed by atoms with Crippen LogP contribution in [0.2, 0.25) is 0 Å². The van der Waals surface area contributed by atoms with E-state index in [9.17, 15) is 0 Å². The molecule has 0 aliphatic heterocycles. The Bertz CT molecular complexity index is 77.3. The van der Waals surface area contributed by atoms with Crippen molar-refractivity contribution in [2.24, 2.45) is 11.5 Å². The number of thiol groups is 2. The predicted molar refractivity (Wildman–Crippen MR) is 51.5 cm³/mol. The van der Waals surface area contributed by atoms with E-state index in [2.05, 4.69) is 49.7 Å². The van der Waals surface area contributed by atoms with Gasteiger partial charge in [-0.05, 0) is 0 Å². The Hall–Kier alpha value is 1.52. The van der Waals surface area contributed by atoms with Crippen LogP contribution in [0.25, 0.3) is 0 Å². The van der Waals surface area contributed by atoms with Gasteiger partial charge in [-0.25, -0.2) is 0 Å². The van der Waals surface area contributed by atoms with E-state index in [-0.39, 0.29) is 42.8 Å². The van der Waals surface area contributed by atoms with Gasteiger partial charge in [0.05, 0.1) is 0 Å². The van der Waals surface area contributed by atoms with Crippen molar-refractivity contribution in [1.82, 2.24) is 0 Å². The van der Waals surface area contributed by atoms with Crippen LogP contribution in [0.15, 0.2) is 0 Å². The van der Waals surface area contributed by atoms with Crippen LogP contribution >= 0.6 is 49.7 Å². The van der Waals surface area contributed by atoms with Gasteiger partial charge >= 0.3 is 0 Å². The Morgan fingerprint density at radius 2 is 0.900 bits per heavy atom. The molecule has 0 fully saturated rings. The summed E-state index contributed by atoms with van der Waals surface area (Å²) in [5.41, 5.74) is 9.41. The van der Waals surface area contributed by atoms with Gasteiger partial charge in [-0.3, -0.25) is 0 Å². The quantitative estimate of drug-likeness (QED) is 0.295. The van der Waals surface area contributed by atoms with Crippen LogP contribution in [-0.2, 0) is 34.1 Å². The van der Waals surface area contributed by atoms with E-state index < -0.39 is 0 Å². The number of hydrogen-bond donors (Lipinski definition) is 4. The molecule has 0 saturated heterocycles. The first-order valence-corrected chi connectivity index (χ1v) is 3.14. The molecular formula is C2H6Mn2N2S4. The molecule has 2 nitrogen and oxygen atoms in total. The topological polar surface area (TPSA) is 52.0 Å². The number of rotatable bonds is 0. The minimum atomic E-state index is 0. The zero-order valence-corrected chi connectivity index (χ0v) is 10.4. The van der Waals surface area contributed by atoms with Gasteiger partial charge < -0.3 is 11.5 Å². The average Bonchev–Trinajstić information content (AvgIpc) is 1.25. The molecule has 0 aromatic carbocycles. The molecule has 0 unspecified atom stereocenters. The molecule has 10 heavy (non-hydrogen) atoms. The Kier molecular flexibility index (Phi) is 38.0. The number of thiocarbonyl (C=S) groups is 2. The van der Waals surface area contributed by atoms with E-state index in [4.69, 9.17) is 11.5 Å². The predicted octanol–water partition coefficient (Wildman–Crippen LogP) is 0.315. The summed E-state index contributed by atoms with van der Waals surface area (Å²) < 4.78 is 0.389. The van der Waals surface area contributed by atoms with E-state index in [1.165, 1.54) is 0 Å². The Balaban J connectivity index is -0.0000000300. The molecule has 2 radical (unpaired) electrons. The fraction of sp³-hybridized carbons (Fsp3) is 0. The summed E-state index contributed by atoms with van der Waals surface area (Å²) in [6.45, 7) is 0. The van der Waals surface area contributed by atoms with Gasteiger partial charge in [0.2, 0.25) is 0 Å². The smallest absolute Gasteiger partial charge is 0.128 e. The summed E-state index contributed by atoms with van der Waals surface area (Å²) in [5.74, 6) is 0. The molecule has 0 aromatic rings. The molecule has 0 aliphatic rings. The minimum Gasteiger partial charge on any atom is -0.385 e. The van der Waals surface area contributed by atoms with Gasteiger partial charge in [-0.1, -0.05) is 24.4 Å². The second kappa shape index (κ2) is 16.9. The van der Waals surface area contributed by atoms with Gasteiger partial charge in [-0.15, -0.1) is 25.3 Å². The molecule has 0 amide bonds. The summed E-state index contributed by atoms with van der Waals surface area (Å²) in [6.07, 6.45) is 0. The molecule has 0 saturated carbocycles. The van der Waals surface area contributed by atoms with Crippen molar-refractivity contribution in [3.05, 3.63) is 0 Å². The first-order valence-electron chi connectivity index (χ1n) is 1.43. The molecule has 0 aliphatic carbocycles. The maximum atomic E-state index is 4.71. The van der Waals surface area contributed by atoms with E-state index >= 15 is 0 Å². The summed E-state index contributed by atoms with van der Waals surface area (Å²) >= 11 is 15.3. The van der Waals surface area contributed by atoms with Crippen LogP contribution in [0.4, 0.5) is 0 Å². The van der Waals surface area contributed by atoms with Crippen LogP contribution in [0.5, 0.6) is 0 Å². The molecule has 62 valence electrons. The van der Waals surface area contributed by atoms with Gasteiger partial charge in [0.1, 0.15) is 8.64 Å². The van der Waals surface area contributed by atoms with Gasteiger partial charge in [0, 0.05) is 34.1 Å². The molecule has 0 bridgehead atoms. The van der Waals surface area contributed by atoms with Crippen LogP contribution < -0.4 is 11.5 Å². The van der Waals surface area contributed by atoms with E-state index in [0.29, 0.717) is 0 Å². The summed E-state index contributed by atoms with van der Waals surface area (Å²) in [4.78, 5) is 0. The van der Waals surface area contributed by atoms with Crippen molar-refractivity contribution in [3.8, 4) is 0 Å². The third-order valence-electron chi connectivity index (χ3n) is 0. The summed E-state index contributed by atoms with van der Waals surface area (Å²) in [7, 11) is 0. The zero-order valence-electron chi connectivity index (χ0n) is 4.62. The molecule has 8 heteroatoms. The monoisotopic (exact) mass is 296 g/mol. The molecule has 4 N–H and O–H groups in total. The standard InChI is InChI=1S/2CH3NS2.2Mn/c2*2-1(3)4;;/h2*(H3,2,3,4);;. The zero-order chi connectivity index (χ0) is 7.15. The Labute approximate surface area is 103 Å². The molecule has 0 heterocycles. The van der Waals surface area contributed by atoms with Crippen molar-refractivity contribution in [3.63, 3.8) is 0 Å². The SMILES string of the molecule is NC(=S)S.NC(=S)S.[Mn].[Mn]. The maximum absolute atomic E-state index is 4.71. The van der Waals surface area contributed by atoms with Crippen molar-refractivity contribution in [1.29, 1.82) is 0 Å². The molecular weight excluding hydrogens is 290 g/mol. The number of nitrogens with two attached hydrogens (primary N) is 2. The van der Waals surface area contributed by atoms with Gasteiger partial charge in [-0.2, -0.15) is 0 Å². The first-order chi connectivity index (χ1) is 3.46. The first kappa shape index (κ1) is 22.5. The van der Waals surface area contributed by atoms with Crippen LogP contribution in [0.1, 0.15) is 0 Å². The Morgan fingerprint density at radius 1 is 0.900 bits per heavy atom. The van der Waals surface area contributed by atoms with E-state index in [0.717, 1.165) is 0 Å². The molecule has 0 spiro atoms. The minimum absolute atomic E-state index is 0. The number of hydrogen-bond acceptors (Lipinski definition) is 2. The molecule has 0 aromatic heterocycles. The van der Waals surface area contributed by atoms with Gasteiger partial charge in [0.15, 0.2) is 0 Å². The summed E-state index contributed by atoms with van der Waals surface area (Å²) in [6, 6.07) is 0. The maximum Gasteiger partial charge on any atom is 0.128 e. The van der Waals surface area contributed by atoms with Crippen LogP contribution in [0, 0.1) is 0 Å².